The predicted octanol–water partition coefficient (Wildman–Crippen LogP) is 3.03. The van der Waals surface area contributed by atoms with Crippen LogP contribution in [0.1, 0.15) is 29.3 Å². The number of nitrogens with one attached hydrogen (secondary N) is 1. The Kier molecular flexibility index (Phi) is 4.63. The second kappa shape index (κ2) is 7.11. The van der Waals surface area contributed by atoms with E-state index in [4.69, 9.17) is 4.74 Å². The summed E-state index contributed by atoms with van der Waals surface area (Å²) in [6.07, 6.45) is 1.36. The van der Waals surface area contributed by atoms with Crippen LogP contribution in [0.2, 0.25) is 0 Å². The Morgan fingerprint density at radius 1 is 1.04 bits per heavy atom. The fourth-order valence-electron chi connectivity index (χ4n) is 3.94. The number of ether oxygens (including phenoxy) is 1. The molecule has 6 nitrogen and oxygen atoms in total. The van der Waals surface area contributed by atoms with Crippen molar-refractivity contribution in [1.29, 1.82) is 0 Å². The van der Waals surface area contributed by atoms with Gasteiger partial charge in [-0.15, -0.1) is 0 Å². The van der Waals surface area contributed by atoms with Crippen LogP contribution in [0, 0.1) is 11.8 Å². The minimum Gasteiger partial charge on any atom is -0.465 e. The van der Waals surface area contributed by atoms with E-state index >= 15 is 0 Å². The van der Waals surface area contributed by atoms with E-state index in [1.165, 1.54) is 7.11 Å². The second-order valence-electron chi connectivity index (χ2n) is 7.37. The third-order valence-electron chi connectivity index (χ3n) is 5.48. The molecule has 2 aromatic carbocycles. The normalized spacial score (nSPS) is 22.4. The molecule has 2 aromatic rings. The number of hydrogen-bond acceptors (Lipinski definition) is 4. The van der Waals surface area contributed by atoms with Crippen molar-refractivity contribution in [2.75, 3.05) is 17.3 Å². The standard InChI is InChI=1S/C22H22N2O4/c1-13-11-14-7-3-6-10-19(14)24(13)21(26)17-12-16(17)20(25)23-18-9-5-4-8-15(18)22(27)28-2/h3-10,13,16-17H,11-12H2,1-2H3,(H,23,25). The van der Waals surface area contributed by atoms with Crippen LogP contribution >= 0.6 is 0 Å². The Balaban J connectivity index is 1.46. The number of esters is 1. The highest BCUT2D eigenvalue weighted by atomic mass is 16.5. The third-order valence-corrected chi connectivity index (χ3v) is 5.48. The molecule has 0 radical (unpaired) electrons. The van der Waals surface area contributed by atoms with Crippen LogP contribution in [0.5, 0.6) is 0 Å². The first-order chi connectivity index (χ1) is 13.5. The summed E-state index contributed by atoms with van der Waals surface area (Å²) in [5, 5.41) is 2.78. The lowest BCUT2D eigenvalue weighted by Gasteiger charge is -2.23. The molecule has 1 N–H and O–H groups in total. The molecule has 1 fully saturated rings. The molecule has 2 aliphatic rings. The average Bonchev–Trinajstić information content (AvgIpc) is 3.43. The molecule has 2 amide bonds. The van der Waals surface area contributed by atoms with Crippen molar-refractivity contribution in [3.63, 3.8) is 0 Å². The summed E-state index contributed by atoms with van der Waals surface area (Å²) < 4.78 is 4.76. The number of para-hydroxylation sites is 2. The lowest BCUT2D eigenvalue weighted by molar-refractivity contribution is -0.123. The monoisotopic (exact) mass is 378 g/mol. The number of anilines is 2. The van der Waals surface area contributed by atoms with E-state index in [9.17, 15) is 14.4 Å². The van der Waals surface area contributed by atoms with E-state index in [0.717, 1.165) is 17.7 Å². The van der Waals surface area contributed by atoms with E-state index < -0.39 is 5.97 Å². The molecule has 3 atom stereocenters. The first-order valence-electron chi connectivity index (χ1n) is 9.40. The van der Waals surface area contributed by atoms with E-state index in [0.29, 0.717) is 17.7 Å². The highest BCUT2D eigenvalue weighted by Gasteiger charge is 2.51. The number of amides is 2. The molecule has 0 aromatic heterocycles. The van der Waals surface area contributed by atoms with Crippen molar-refractivity contribution in [2.24, 2.45) is 11.8 Å². The van der Waals surface area contributed by atoms with Crippen LogP contribution in [-0.4, -0.2) is 30.9 Å². The maximum atomic E-state index is 13.0. The Morgan fingerprint density at radius 3 is 2.54 bits per heavy atom. The topological polar surface area (TPSA) is 75.7 Å². The Hall–Kier alpha value is -3.15. The molecule has 1 aliphatic carbocycles. The molecular weight excluding hydrogens is 356 g/mol. The van der Waals surface area contributed by atoms with Gasteiger partial charge in [-0.25, -0.2) is 4.79 Å². The lowest BCUT2D eigenvalue weighted by atomic mass is 10.1. The van der Waals surface area contributed by atoms with Gasteiger partial charge in [0.2, 0.25) is 11.8 Å². The van der Waals surface area contributed by atoms with Gasteiger partial charge >= 0.3 is 5.97 Å². The summed E-state index contributed by atoms with van der Waals surface area (Å²) in [6, 6.07) is 14.7. The molecule has 6 heteroatoms. The molecule has 1 heterocycles. The first kappa shape index (κ1) is 18.2. The quantitative estimate of drug-likeness (QED) is 0.830. The Morgan fingerprint density at radius 2 is 1.75 bits per heavy atom. The van der Waals surface area contributed by atoms with Gasteiger partial charge in [0.1, 0.15) is 0 Å². The largest absolute Gasteiger partial charge is 0.465 e. The minimum atomic E-state index is -0.512. The van der Waals surface area contributed by atoms with Gasteiger partial charge in [0.15, 0.2) is 0 Å². The molecule has 0 spiro atoms. The minimum absolute atomic E-state index is 0.00106. The Labute approximate surface area is 163 Å². The smallest absolute Gasteiger partial charge is 0.339 e. The van der Waals surface area contributed by atoms with Gasteiger partial charge < -0.3 is 15.0 Å². The van der Waals surface area contributed by atoms with Gasteiger partial charge in [-0.05, 0) is 43.5 Å². The van der Waals surface area contributed by atoms with Gasteiger partial charge in [0.05, 0.1) is 30.2 Å². The maximum Gasteiger partial charge on any atom is 0.339 e. The highest BCUT2D eigenvalue weighted by Crippen LogP contribution is 2.44. The zero-order chi connectivity index (χ0) is 19.8. The molecular formula is C22H22N2O4. The summed E-state index contributed by atoms with van der Waals surface area (Å²) in [5.74, 6) is -1.45. The summed E-state index contributed by atoms with van der Waals surface area (Å²) in [6.45, 7) is 2.03. The summed E-state index contributed by atoms with van der Waals surface area (Å²) >= 11 is 0. The van der Waals surface area contributed by atoms with Crippen molar-refractivity contribution in [3.05, 3.63) is 59.7 Å². The first-order valence-corrected chi connectivity index (χ1v) is 9.40. The van der Waals surface area contributed by atoms with Crippen LogP contribution in [0.25, 0.3) is 0 Å². The number of benzene rings is 2. The van der Waals surface area contributed by atoms with Crippen molar-refractivity contribution in [1.82, 2.24) is 0 Å². The number of carbonyl (C=O) groups excluding carboxylic acids is 3. The van der Waals surface area contributed by atoms with Crippen molar-refractivity contribution < 1.29 is 19.1 Å². The summed E-state index contributed by atoms with van der Waals surface area (Å²) in [5.41, 5.74) is 2.81. The van der Waals surface area contributed by atoms with Gasteiger partial charge in [0, 0.05) is 11.7 Å². The fraction of sp³-hybridized carbons (Fsp3) is 0.318. The SMILES string of the molecule is COC(=O)c1ccccc1NC(=O)C1CC1C(=O)N1c2ccccc2CC1C. The lowest BCUT2D eigenvalue weighted by Crippen LogP contribution is -2.37. The number of carbonyl (C=O) groups is 3. The number of fused-ring (bicyclic) bond motifs is 1. The molecule has 0 saturated heterocycles. The summed E-state index contributed by atoms with van der Waals surface area (Å²) in [7, 11) is 1.30. The molecule has 144 valence electrons. The van der Waals surface area contributed by atoms with Crippen molar-refractivity contribution >= 4 is 29.2 Å². The van der Waals surface area contributed by atoms with Gasteiger partial charge in [-0.2, -0.15) is 0 Å². The Bertz CT molecular complexity index is 955. The van der Waals surface area contributed by atoms with Gasteiger partial charge in [0.25, 0.3) is 0 Å². The molecule has 28 heavy (non-hydrogen) atoms. The van der Waals surface area contributed by atoms with Gasteiger partial charge in [-0.3, -0.25) is 9.59 Å². The summed E-state index contributed by atoms with van der Waals surface area (Å²) in [4.78, 5) is 39.4. The molecule has 4 rings (SSSR count). The molecule has 0 bridgehead atoms. The number of methoxy groups -OCH3 is 1. The fourth-order valence-corrected chi connectivity index (χ4v) is 3.94. The average molecular weight is 378 g/mol. The van der Waals surface area contributed by atoms with Crippen LogP contribution < -0.4 is 10.2 Å². The molecule has 3 unspecified atom stereocenters. The van der Waals surface area contributed by atoms with E-state index in [1.54, 1.807) is 24.3 Å². The highest BCUT2D eigenvalue weighted by molar-refractivity contribution is 6.07. The van der Waals surface area contributed by atoms with Gasteiger partial charge in [-0.1, -0.05) is 30.3 Å². The van der Waals surface area contributed by atoms with E-state index in [2.05, 4.69) is 5.32 Å². The number of hydrogen-bond donors (Lipinski definition) is 1. The number of nitrogens with zero attached hydrogens (tertiary/aromatic N) is 1. The third kappa shape index (κ3) is 3.15. The van der Waals surface area contributed by atoms with Crippen LogP contribution in [-0.2, 0) is 20.7 Å². The second-order valence-corrected chi connectivity index (χ2v) is 7.37. The number of rotatable bonds is 4. The zero-order valence-corrected chi connectivity index (χ0v) is 15.8. The van der Waals surface area contributed by atoms with E-state index in [1.807, 2.05) is 36.1 Å². The van der Waals surface area contributed by atoms with E-state index in [-0.39, 0.29) is 29.7 Å². The van der Waals surface area contributed by atoms with Crippen LogP contribution in [0.4, 0.5) is 11.4 Å². The zero-order valence-electron chi connectivity index (χ0n) is 15.8. The maximum absolute atomic E-state index is 13.0. The van der Waals surface area contributed by atoms with Crippen LogP contribution in [0.3, 0.4) is 0 Å². The molecule has 1 saturated carbocycles. The molecule has 1 aliphatic heterocycles. The van der Waals surface area contributed by atoms with Crippen molar-refractivity contribution in [3.8, 4) is 0 Å². The van der Waals surface area contributed by atoms with Crippen molar-refractivity contribution in [2.45, 2.75) is 25.8 Å². The predicted molar refractivity (Wildman–Crippen MR) is 105 cm³/mol. The van der Waals surface area contributed by atoms with Crippen LogP contribution in [0.15, 0.2) is 48.5 Å².